The second-order valence-corrected chi connectivity index (χ2v) is 4.11. The number of hydrogen-bond acceptors (Lipinski definition) is 3. The Morgan fingerprint density at radius 1 is 1.47 bits per heavy atom. The van der Waals surface area contributed by atoms with Crippen LogP contribution < -0.4 is 10.5 Å². The van der Waals surface area contributed by atoms with E-state index in [9.17, 15) is 0 Å². The molecule has 0 bridgehead atoms. The molecule has 0 saturated heterocycles. The first-order valence-corrected chi connectivity index (χ1v) is 5.62. The number of benzene rings is 1. The second-order valence-electron chi connectivity index (χ2n) is 3.71. The summed E-state index contributed by atoms with van der Waals surface area (Å²) in [4.78, 5) is 0. The van der Waals surface area contributed by atoms with Crippen molar-refractivity contribution < 1.29 is 4.74 Å². The summed E-state index contributed by atoms with van der Waals surface area (Å²) in [5.41, 5.74) is 8.38. The maximum atomic E-state index is 6.00. The van der Waals surface area contributed by atoms with Crippen LogP contribution in [0, 0.1) is 6.92 Å². The molecule has 0 aliphatic heterocycles. The first-order chi connectivity index (χ1) is 8.15. The number of hydrogen-bond donors (Lipinski definition) is 1. The molecule has 0 fully saturated rings. The molecular weight excluding hydrogens is 238 g/mol. The molecule has 5 heteroatoms. The van der Waals surface area contributed by atoms with Crippen LogP contribution in [0.3, 0.4) is 0 Å². The number of methoxy groups -OCH3 is 1. The summed E-state index contributed by atoms with van der Waals surface area (Å²) >= 11 is 6.00. The quantitative estimate of drug-likeness (QED) is 0.911. The standard InChI is InChI=1S/C12H14ClN3O/c1-8-11(13)7-16(15-8)12-5-10(17-2)4-3-9(12)6-14/h3-5,7H,6,14H2,1-2H3. The Hall–Kier alpha value is -1.52. The normalized spacial score (nSPS) is 10.6. The Bertz CT molecular complexity index is 517. The van der Waals surface area contributed by atoms with Gasteiger partial charge in [-0.2, -0.15) is 5.10 Å². The van der Waals surface area contributed by atoms with Gasteiger partial charge in [0.2, 0.25) is 0 Å². The Morgan fingerprint density at radius 3 is 2.76 bits per heavy atom. The summed E-state index contributed by atoms with van der Waals surface area (Å²) in [6.45, 7) is 2.30. The van der Waals surface area contributed by atoms with Crippen LogP contribution >= 0.6 is 11.6 Å². The molecule has 1 heterocycles. The highest BCUT2D eigenvalue weighted by Gasteiger charge is 2.09. The number of halogens is 1. The number of nitrogens with two attached hydrogens (primary N) is 1. The Balaban J connectivity index is 2.55. The van der Waals surface area contributed by atoms with Gasteiger partial charge in [-0.05, 0) is 18.6 Å². The van der Waals surface area contributed by atoms with E-state index >= 15 is 0 Å². The van der Waals surface area contributed by atoms with Gasteiger partial charge in [0.15, 0.2) is 0 Å². The molecule has 1 aromatic carbocycles. The van der Waals surface area contributed by atoms with Crippen molar-refractivity contribution in [3.05, 3.63) is 40.7 Å². The van der Waals surface area contributed by atoms with Crippen molar-refractivity contribution in [3.63, 3.8) is 0 Å². The van der Waals surface area contributed by atoms with Crippen LogP contribution in [0.25, 0.3) is 5.69 Å². The molecule has 2 N–H and O–H groups in total. The van der Waals surface area contributed by atoms with Gasteiger partial charge in [0.25, 0.3) is 0 Å². The van der Waals surface area contributed by atoms with E-state index in [-0.39, 0.29) is 0 Å². The van der Waals surface area contributed by atoms with Crippen molar-refractivity contribution >= 4 is 11.6 Å². The van der Waals surface area contributed by atoms with Crippen molar-refractivity contribution in [2.75, 3.05) is 7.11 Å². The van der Waals surface area contributed by atoms with Gasteiger partial charge >= 0.3 is 0 Å². The maximum absolute atomic E-state index is 6.00. The molecule has 2 aromatic rings. The highest BCUT2D eigenvalue weighted by atomic mass is 35.5. The molecule has 2 rings (SSSR count). The molecule has 17 heavy (non-hydrogen) atoms. The summed E-state index contributed by atoms with van der Waals surface area (Å²) in [6.07, 6.45) is 1.77. The van der Waals surface area contributed by atoms with Crippen LogP contribution in [0.2, 0.25) is 5.02 Å². The van der Waals surface area contributed by atoms with Crippen molar-refractivity contribution in [2.24, 2.45) is 5.73 Å². The SMILES string of the molecule is COc1ccc(CN)c(-n2cc(Cl)c(C)n2)c1. The molecule has 0 atom stereocenters. The van der Waals surface area contributed by atoms with E-state index in [0.29, 0.717) is 11.6 Å². The molecule has 0 unspecified atom stereocenters. The minimum atomic E-state index is 0.440. The third kappa shape index (κ3) is 2.28. The summed E-state index contributed by atoms with van der Waals surface area (Å²) < 4.78 is 6.92. The average Bonchev–Trinajstić information content (AvgIpc) is 2.68. The molecule has 0 aliphatic rings. The fraction of sp³-hybridized carbons (Fsp3) is 0.250. The van der Waals surface area contributed by atoms with Crippen LogP contribution in [0.1, 0.15) is 11.3 Å². The topological polar surface area (TPSA) is 53.1 Å². The van der Waals surface area contributed by atoms with Crippen molar-refractivity contribution in [1.82, 2.24) is 9.78 Å². The second kappa shape index (κ2) is 4.77. The van der Waals surface area contributed by atoms with Crippen LogP contribution in [0.4, 0.5) is 0 Å². The predicted octanol–water partition coefficient (Wildman–Crippen LogP) is 2.30. The zero-order chi connectivity index (χ0) is 12.4. The molecule has 1 aromatic heterocycles. The molecule has 0 aliphatic carbocycles. The number of nitrogens with zero attached hydrogens (tertiary/aromatic N) is 2. The Morgan fingerprint density at radius 2 is 2.24 bits per heavy atom. The third-order valence-corrected chi connectivity index (χ3v) is 2.97. The minimum Gasteiger partial charge on any atom is -0.497 e. The van der Waals surface area contributed by atoms with E-state index in [1.807, 2.05) is 25.1 Å². The highest BCUT2D eigenvalue weighted by molar-refractivity contribution is 6.31. The fourth-order valence-corrected chi connectivity index (χ4v) is 1.75. The van der Waals surface area contributed by atoms with E-state index in [1.165, 1.54) is 0 Å². The summed E-state index contributed by atoms with van der Waals surface area (Å²) in [5.74, 6) is 0.765. The van der Waals surface area contributed by atoms with Gasteiger partial charge in [-0.1, -0.05) is 17.7 Å². The first-order valence-electron chi connectivity index (χ1n) is 5.25. The Kier molecular flexibility index (Phi) is 3.36. The molecule has 90 valence electrons. The van der Waals surface area contributed by atoms with Gasteiger partial charge in [0, 0.05) is 18.8 Å². The van der Waals surface area contributed by atoms with Gasteiger partial charge in [-0.25, -0.2) is 4.68 Å². The predicted molar refractivity (Wildman–Crippen MR) is 67.8 cm³/mol. The van der Waals surface area contributed by atoms with Gasteiger partial charge in [-0.15, -0.1) is 0 Å². The van der Waals surface area contributed by atoms with Gasteiger partial charge in [-0.3, -0.25) is 0 Å². The van der Waals surface area contributed by atoms with E-state index in [2.05, 4.69) is 5.10 Å². The molecule has 4 nitrogen and oxygen atoms in total. The van der Waals surface area contributed by atoms with Crippen LogP contribution in [-0.4, -0.2) is 16.9 Å². The van der Waals surface area contributed by atoms with E-state index in [1.54, 1.807) is 18.0 Å². The zero-order valence-electron chi connectivity index (χ0n) is 9.77. The summed E-state index contributed by atoms with van der Waals surface area (Å²) in [7, 11) is 1.63. The monoisotopic (exact) mass is 251 g/mol. The Labute approximate surface area is 105 Å². The smallest absolute Gasteiger partial charge is 0.121 e. The lowest BCUT2D eigenvalue weighted by atomic mass is 10.1. The van der Waals surface area contributed by atoms with Gasteiger partial charge < -0.3 is 10.5 Å². The largest absolute Gasteiger partial charge is 0.497 e. The molecule has 0 spiro atoms. The van der Waals surface area contributed by atoms with Gasteiger partial charge in [0.1, 0.15) is 5.75 Å². The lowest BCUT2D eigenvalue weighted by Gasteiger charge is -2.09. The number of ether oxygens (including phenoxy) is 1. The summed E-state index contributed by atoms with van der Waals surface area (Å²) in [5, 5.41) is 4.97. The van der Waals surface area contributed by atoms with Crippen LogP contribution in [0.5, 0.6) is 5.75 Å². The van der Waals surface area contributed by atoms with Crippen LogP contribution in [-0.2, 0) is 6.54 Å². The average molecular weight is 252 g/mol. The van der Waals surface area contributed by atoms with Gasteiger partial charge in [0.05, 0.1) is 23.5 Å². The highest BCUT2D eigenvalue weighted by Crippen LogP contribution is 2.23. The number of aryl methyl sites for hydroxylation is 1. The maximum Gasteiger partial charge on any atom is 0.121 e. The van der Waals surface area contributed by atoms with Crippen LogP contribution in [0.15, 0.2) is 24.4 Å². The first kappa shape index (κ1) is 12.0. The number of aromatic nitrogens is 2. The molecule has 0 amide bonds. The lowest BCUT2D eigenvalue weighted by Crippen LogP contribution is -2.05. The van der Waals surface area contributed by atoms with Crippen molar-refractivity contribution in [3.8, 4) is 11.4 Å². The fourth-order valence-electron chi connectivity index (χ4n) is 1.62. The van der Waals surface area contributed by atoms with E-state index in [4.69, 9.17) is 22.1 Å². The van der Waals surface area contributed by atoms with Crippen molar-refractivity contribution in [1.29, 1.82) is 0 Å². The summed E-state index contributed by atoms with van der Waals surface area (Å²) in [6, 6.07) is 5.70. The number of rotatable bonds is 3. The third-order valence-electron chi connectivity index (χ3n) is 2.60. The molecule has 0 radical (unpaired) electrons. The minimum absolute atomic E-state index is 0.440. The lowest BCUT2D eigenvalue weighted by molar-refractivity contribution is 0.414. The zero-order valence-corrected chi connectivity index (χ0v) is 10.5. The van der Waals surface area contributed by atoms with E-state index in [0.717, 1.165) is 22.7 Å². The molecule has 0 saturated carbocycles. The van der Waals surface area contributed by atoms with Crippen molar-refractivity contribution in [2.45, 2.75) is 13.5 Å². The molecular formula is C12H14ClN3O. The van der Waals surface area contributed by atoms with E-state index < -0.39 is 0 Å².